The fraction of sp³-hybridized carbons (Fsp3) is 0.688. The molecule has 1 aromatic rings. The molecule has 0 aliphatic heterocycles. The smallest absolute Gasteiger partial charge is 0.141 e. The molecule has 1 aliphatic rings. The zero-order valence-corrected chi connectivity index (χ0v) is 11.9. The third kappa shape index (κ3) is 2.97. The molecule has 19 heavy (non-hydrogen) atoms. The van der Waals surface area contributed by atoms with Gasteiger partial charge in [0.05, 0.1) is 11.9 Å². The summed E-state index contributed by atoms with van der Waals surface area (Å²) in [6.45, 7) is 4.20. The van der Waals surface area contributed by atoms with Gasteiger partial charge in [-0.3, -0.25) is 4.98 Å². The van der Waals surface area contributed by atoms with Gasteiger partial charge in [0.1, 0.15) is 11.4 Å². The molecule has 3 heteroatoms. The topological polar surface area (TPSA) is 33.1 Å². The van der Waals surface area contributed by atoms with E-state index in [9.17, 15) is 9.50 Å². The third-order valence-electron chi connectivity index (χ3n) is 4.75. The maximum Gasteiger partial charge on any atom is 0.141 e. The Bertz CT molecular complexity index is 406. The average Bonchev–Trinajstić information content (AvgIpc) is 2.47. The second kappa shape index (κ2) is 6.00. The Balaban J connectivity index is 2.23. The lowest BCUT2D eigenvalue weighted by molar-refractivity contribution is -0.0542. The van der Waals surface area contributed by atoms with Crippen molar-refractivity contribution in [2.75, 3.05) is 0 Å². The van der Waals surface area contributed by atoms with Crippen molar-refractivity contribution in [1.82, 2.24) is 4.98 Å². The molecule has 0 aromatic carbocycles. The molecule has 2 rings (SSSR count). The van der Waals surface area contributed by atoms with E-state index >= 15 is 0 Å². The summed E-state index contributed by atoms with van der Waals surface area (Å²) in [5.74, 6) is 0.601. The molecular weight excluding hydrogens is 241 g/mol. The standard InChI is InChI=1S/C16H24FNO/c1-3-12-6-5-7-13(10-12)16(19,4-2)15-9-8-14(17)11-18-15/h8-9,11-13,19H,3-7,10H2,1-2H3. The van der Waals surface area contributed by atoms with Crippen LogP contribution in [0.4, 0.5) is 4.39 Å². The van der Waals surface area contributed by atoms with Crippen molar-refractivity contribution in [3.63, 3.8) is 0 Å². The molecule has 1 heterocycles. The SMILES string of the molecule is CCC1CCCC(C(O)(CC)c2ccc(F)cn2)C1. The summed E-state index contributed by atoms with van der Waals surface area (Å²) in [5, 5.41) is 11.0. The highest BCUT2D eigenvalue weighted by Crippen LogP contribution is 2.43. The van der Waals surface area contributed by atoms with Crippen LogP contribution in [0.5, 0.6) is 0 Å². The molecule has 2 nitrogen and oxygen atoms in total. The van der Waals surface area contributed by atoms with Crippen LogP contribution in [0, 0.1) is 17.7 Å². The molecule has 0 radical (unpaired) electrons. The van der Waals surface area contributed by atoms with E-state index in [0.717, 1.165) is 12.8 Å². The van der Waals surface area contributed by atoms with Crippen molar-refractivity contribution in [3.05, 3.63) is 29.8 Å². The average molecular weight is 265 g/mol. The van der Waals surface area contributed by atoms with Gasteiger partial charge >= 0.3 is 0 Å². The summed E-state index contributed by atoms with van der Waals surface area (Å²) in [7, 11) is 0. The second-order valence-corrected chi connectivity index (χ2v) is 5.78. The number of aromatic nitrogens is 1. The molecule has 0 bridgehead atoms. The highest BCUT2D eigenvalue weighted by Gasteiger charge is 2.40. The van der Waals surface area contributed by atoms with Gasteiger partial charge in [0.2, 0.25) is 0 Å². The molecule has 1 aromatic heterocycles. The molecule has 3 atom stereocenters. The van der Waals surface area contributed by atoms with Gasteiger partial charge in [0, 0.05) is 0 Å². The summed E-state index contributed by atoms with van der Waals surface area (Å²) in [6.07, 6.45) is 7.55. The fourth-order valence-corrected chi connectivity index (χ4v) is 3.41. The lowest BCUT2D eigenvalue weighted by atomic mass is 9.70. The highest BCUT2D eigenvalue weighted by molar-refractivity contribution is 5.15. The lowest BCUT2D eigenvalue weighted by Crippen LogP contribution is -2.38. The van der Waals surface area contributed by atoms with Gasteiger partial charge in [-0.15, -0.1) is 0 Å². The molecule has 1 aliphatic carbocycles. The van der Waals surface area contributed by atoms with Crippen molar-refractivity contribution < 1.29 is 9.50 Å². The van der Waals surface area contributed by atoms with Crippen molar-refractivity contribution in [2.24, 2.45) is 11.8 Å². The Morgan fingerprint density at radius 3 is 2.74 bits per heavy atom. The summed E-state index contributed by atoms with van der Waals surface area (Å²) in [4.78, 5) is 4.12. The zero-order chi connectivity index (χ0) is 13.9. The van der Waals surface area contributed by atoms with E-state index in [0.29, 0.717) is 18.0 Å². The molecule has 1 N–H and O–H groups in total. The summed E-state index contributed by atoms with van der Waals surface area (Å²) in [6, 6.07) is 3.03. The molecule has 1 saturated carbocycles. The first-order chi connectivity index (χ1) is 9.10. The molecule has 1 fully saturated rings. The maximum atomic E-state index is 13.0. The molecular formula is C16H24FNO. The Hall–Kier alpha value is -0.960. The van der Waals surface area contributed by atoms with Crippen LogP contribution in [-0.4, -0.2) is 10.1 Å². The van der Waals surface area contributed by atoms with Crippen molar-refractivity contribution in [2.45, 2.75) is 58.0 Å². The third-order valence-corrected chi connectivity index (χ3v) is 4.75. The van der Waals surface area contributed by atoms with Crippen LogP contribution in [0.2, 0.25) is 0 Å². The maximum absolute atomic E-state index is 13.0. The van der Waals surface area contributed by atoms with Crippen LogP contribution >= 0.6 is 0 Å². The van der Waals surface area contributed by atoms with Gasteiger partial charge in [-0.05, 0) is 43.2 Å². The number of aliphatic hydroxyl groups is 1. The van der Waals surface area contributed by atoms with Gasteiger partial charge in [-0.25, -0.2) is 4.39 Å². The largest absolute Gasteiger partial charge is 0.383 e. The van der Waals surface area contributed by atoms with Gasteiger partial charge in [-0.2, -0.15) is 0 Å². The lowest BCUT2D eigenvalue weighted by Gasteiger charge is -2.40. The minimum absolute atomic E-state index is 0.245. The molecule has 0 amide bonds. The van der Waals surface area contributed by atoms with Gasteiger partial charge in [0.15, 0.2) is 0 Å². The Morgan fingerprint density at radius 2 is 2.16 bits per heavy atom. The van der Waals surface area contributed by atoms with E-state index in [-0.39, 0.29) is 11.7 Å². The summed E-state index contributed by atoms with van der Waals surface area (Å²) in [5.41, 5.74) is -0.278. The molecule has 0 saturated heterocycles. The van der Waals surface area contributed by atoms with Crippen LogP contribution in [0.25, 0.3) is 0 Å². The second-order valence-electron chi connectivity index (χ2n) is 5.78. The normalized spacial score (nSPS) is 26.9. The fourth-order valence-electron chi connectivity index (χ4n) is 3.41. The number of nitrogens with zero attached hydrogens (tertiary/aromatic N) is 1. The number of rotatable bonds is 4. The van der Waals surface area contributed by atoms with Crippen LogP contribution in [0.3, 0.4) is 0 Å². The van der Waals surface area contributed by atoms with E-state index in [1.807, 2.05) is 6.92 Å². The minimum atomic E-state index is -0.901. The quantitative estimate of drug-likeness (QED) is 0.891. The minimum Gasteiger partial charge on any atom is -0.383 e. The van der Waals surface area contributed by atoms with Gasteiger partial charge in [-0.1, -0.05) is 33.1 Å². The number of pyridine rings is 1. The van der Waals surface area contributed by atoms with Crippen LogP contribution < -0.4 is 0 Å². The van der Waals surface area contributed by atoms with Crippen LogP contribution in [-0.2, 0) is 5.60 Å². The Kier molecular flexibility index (Phi) is 4.56. The van der Waals surface area contributed by atoms with Gasteiger partial charge in [0.25, 0.3) is 0 Å². The first-order valence-electron chi connectivity index (χ1n) is 7.44. The number of halogens is 1. The highest BCUT2D eigenvalue weighted by atomic mass is 19.1. The molecule has 106 valence electrons. The van der Waals surface area contributed by atoms with Crippen molar-refractivity contribution >= 4 is 0 Å². The first-order valence-corrected chi connectivity index (χ1v) is 7.44. The molecule has 0 spiro atoms. The monoisotopic (exact) mass is 265 g/mol. The number of hydrogen-bond acceptors (Lipinski definition) is 2. The van der Waals surface area contributed by atoms with E-state index in [2.05, 4.69) is 11.9 Å². The van der Waals surface area contributed by atoms with Crippen LogP contribution in [0.15, 0.2) is 18.3 Å². The van der Waals surface area contributed by atoms with E-state index in [4.69, 9.17) is 0 Å². The number of hydrogen-bond donors (Lipinski definition) is 1. The predicted molar refractivity (Wildman–Crippen MR) is 74.1 cm³/mol. The van der Waals surface area contributed by atoms with E-state index < -0.39 is 5.60 Å². The molecule has 3 unspecified atom stereocenters. The zero-order valence-electron chi connectivity index (χ0n) is 11.9. The Morgan fingerprint density at radius 1 is 1.37 bits per heavy atom. The Labute approximate surface area is 115 Å². The summed E-state index contributed by atoms with van der Waals surface area (Å²) < 4.78 is 13.0. The summed E-state index contributed by atoms with van der Waals surface area (Å²) >= 11 is 0. The van der Waals surface area contributed by atoms with E-state index in [1.165, 1.54) is 31.5 Å². The first kappa shape index (κ1) is 14.4. The van der Waals surface area contributed by atoms with Crippen molar-refractivity contribution in [1.29, 1.82) is 0 Å². The van der Waals surface area contributed by atoms with Crippen molar-refractivity contribution in [3.8, 4) is 0 Å². The van der Waals surface area contributed by atoms with Gasteiger partial charge < -0.3 is 5.11 Å². The van der Waals surface area contributed by atoms with E-state index in [1.54, 1.807) is 6.07 Å². The predicted octanol–water partition coefficient (Wildman–Crippen LogP) is 4.03. The van der Waals surface area contributed by atoms with Crippen LogP contribution in [0.1, 0.15) is 58.1 Å².